The number of hydrogen-bond donors (Lipinski definition) is 2. The van der Waals surface area contributed by atoms with Gasteiger partial charge in [0.2, 0.25) is 5.91 Å². The van der Waals surface area contributed by atoms with Crippen molar-refractivity contribution in [3.05, 3.63) is 65.2 Å². The van der Waals surface area contributed by atoms with E-state index >= 15 is 0 Å². The molecule has 0 saturated heterocycles. The van der Waals surface area contributed by atoms with Gasteiger partial charge < -0.3 is 15.8 Å². The van der Waals surface area contributed by atoms with Gasteiger partial charge in [-0.25, -0.2) is 0 Å². The summed E-state index contributed by atoms with van der Waals surface area (Å²) < 4.78 is 5.11. The third kappa shape index (κ3) is 3.63. The largest absolute Gasteiger partial charge is 0.497 e. The molecule has 2 aromatic carbocycles. The SMILES string of the molecule is COc1cccc(C(=O)NC(C)c2ccc(C(N)=O)cc2)c1. The third-order valence-corrected chi connectivity index (χ3v) is 3.37. The van der Waals surface area contributed by atoms with Crippen LogP contribution in [0, 0.1) is 0 Å². The van der Waals surface area contributed by atoms with Crippen molar-refractivity contribution in [1.82, 2.24) is 5.32 Å². The Morgan fingerprint density at radius 2 is 1.77 bits per heavy atom. The third-order valence-electron chi connectivity index (χ3n) is 3.37. The highest BCUT2D eigenvalue weighted by Gasteiger charge is 2.12. The zero-order valence-corrected chi connectivity index (χ0v) is 12.5. The molecule has 0 aliphatic carbocycles. The number of benzene rings is 2. The van der Waals surface area contributed by atoms with E-state index in [1.807, 2.05) is 6.92 Å². The molecular weight excluding hydrogens is 280 g/mol. The topological polar surface area (TPSA) is 81.4 Å². The molecule has 0 heterocycles. The van der Waals surface area contributed by atoms with Crippen molar-refractivity contribution in [3.8, 4) is 5.75 Å². The summed E-state index contributed by atoms with van der Waals surface area (Å²) in [5, 5.41) is 2.90. The molecule has 5 nitrogen and oxygen atoms in total. The second-order valence-electron chi connectivity index (χ2n) is 4.91. The molecule has 5 heteroatoms. The van der Waals surface area contributed by atoms with Gasteiger partial charge in [-0.3, -0.25) is 9.59 Å². The Labute approximate surface area is 129 Å². The Hall–Kier alpha value is -2.82. The minimum atomic E-state index is -0.473. The molecule has 0 aliphatic rings. The van der Waals surface area contributed by atoms with E-state index in [0.29, 0.717) is 16.9 Å². The first kappa shape index (κ1) is 15.6. The maximum absolute atomic E-state index is 12.2. The number of methoxy groups -OCH3 is 1. The van der Waals surface area contributed by atoms with E-state index in [-0.39, 0.29) is 11.9 Å². The molecule has 1 atom stereocenters. The Kier molecular flexibility index (Phi) is 4.78. The summed E-state index contributed by atoms with van der Waals surface area (Å²) in [6.07, 6.45) is 0. The van der Waals surface area contributed by atoms with Crippen LogP contribution in [0.25, 0.3) is 0 Å². The van der Waals surface area contributed by atoms with Gasteiger partial charge in [-0.1, -0.05) is 18.2 Å². The first-order chi connectivity index (χ1) is 10.5. The number of rotatable bonds is 5. The monoisotopic (exact) mass is 298 g/mol. The fourth-order valence-electron chi connectivity index (χ4n) is 2.06. The van der Waals surface area contributed by atoms with Crippen molar-refractivity contribution >= 4 is 11.8 Å². The van der Waals surface area contributed by atoms with Gasteiger partial charge in [0.1, 0.15) is 5.75 Å². The summed E-state index contributed by atoms with van der Waals surface area (Å²) in [6.45, 7) is 1.87. The number of amides is 2. The van der Waals surface area contributed by atoms with E-state index in [2.05, 4.69) is 5.32 Å². The van der Waals surface area contributed by atoms with Gasteiger partial charge in [0, 0.05) is 11.1 Å². The highest BCUT2D eigenvalue weighted by molar-refractivity contribution is 5.95. The summed E-state index contributed by atoms with van der Waals surface area (Å²) in [6, 6.07) is 13.6. The van der Waals surface area contributed by atoms with Crippen LogP contribution in [-0.4, -0.2) is 18.9 Å². The first-order valence-corrected chi connectivity index (χ1v) is 6.86. The highest BCUT2D eigenvalue weighted by Crippen LogP contribution is 2.16. The van der Waals surface area contributed by atoms with E-state index in [9.17, 15) is 9.59 Å². The van der Waals surface area contributed by atoms with Crippen LogP contribution < -0.4 is 15.8 Å². The van der Waals surface area contributed by atoms with Crippen molar-refractivity contribution in [2.45, 2.75) is 13.0 Å². The molecule has 0 aromatic heterocycles. The summed E-state index contributed by atoms with van der Waals surface area (Å²) in [7, 11) is 1.56. The van der Waals surface area contributed by atoms with Crippen LogP contribution in [0.5, 0.6) is 5.75 Å². The number of nitrogens with one attached hydrogen (secondary N) is 1. The molecule has 0 spiro atoms. The van der Waals surface area contributed by atoms with Gasteiger partial charge in [0.05, 0.1) is 13.2 Å². The van der Waals surface area contributed by atoms with E-state index in [0.717, 1.165) is 5.56 Å². The lowest BCUT2D eigenvalue weighted by atomic mass is 10.1. The van der Waals surface area contributed by atoms with Crippen LogP contribution >= 0.6 is 0 Å². The Morgan fingerprint density at radius 1 is 1.09 bits per heavy atom. The van der Waals surface area contributed by atoms with Gasteiger partial charge in [0.15, 0.2) is 0 Å². The number of ether oxygens (including phenoxy) is 1. The van der Waals surface area contributed by atoms with Crippen molar-refractivity contribution in [2.24, 2.45) is 5.73 Å². The molecule has 0 aliphatic heterocycles. The lowest BCUT2D eigenvalue weighted by Gasteiger charge is -2.15. The van der Waals surface area contributed by atoms with Gasteiger partial charge in [-0.2, -0.15) is 0 Å². The first-order valence-electron chi connectivity index (χ1n) is 6.86. The molecule has 0 bridgehead atoms. The zero-order valence-electron chi connectivity index (χ0n) is 12.5. The molecule has 0 saturated carbocycles. The molecule has 2 rings (SSSR count). The van der Waals surface area contributed by atoms with Crippen molar-refractivity contribution in [1.29, 1.82) is 0 Å². The van der Waals surface area contributed by atoms with Crippen LogP contribution in [0.4, 0.5) is 0 Å². The maximum atomic E-state index is 12.2. The number of hydrogen-bond acceptors (Lipinski definition) is 3. The Morgan fingerprint density at radius 3 is 2.36 bits per heavy atom. The number of carbonyl (C=O) groups excluding carboxylic acids is 2. The maximum Gasteiger partial charge on any atom is 0.251 e. The number of primary amides is 1. The molecule has 1 unspecified atom stereocenters. The van der Waals surface area contributed by atoms with E-state index in [1.165, 1.54) is 0 Å². The Bertz CT molecular complexity index is 681. The van der Waals surface area contributed by atoms with E-state index < -0.39 is 5.91 Å². The van der Waals surface area contributed by atoms with Crippen LogP contribution in [-0.2, 0) is 0 Å². The molecule has 0 fully saturated rings. The van der Waals surface area contributed by atoms with Gasteiger partial charge in [0.25, 0.3) is 5.91 Å². The predicted molar refractivity (Wildman–Crippen MR) is 83.8 cm³/mol. The fourth-order valence-corrected chi connectivity index (χ4v) is 2.06. The predicted octanol–water partition coefficient (Wildman–Crippen LogP) is 2.29. The average Bonchev–Trinajstić information content (AvgIpc) is 2.54. The molecule has 2 aromatic rings. The zero-order chi connectivity index (χ0) is 16.1. The minimum Gasteiger partial charge on any atom is -0.497 e. The van der Waals surface area contributed by atoms with Gasteiger partial charge >= 0.3 is 0 Å². The molecule has 22 heavy (non-hydrogen) atoms. The van der Waals surface area contributed by atoms with Crippen LogP contribution in [0.3, 0.4) is 0 Å². The van der Waals surface area contributed by atoms with E-state index in [1.54, 1.807) is 55.6 Å². The summed E-state index contributed by atoms with van der Waals surface area (Å²) in [4.78, 5) is 23.3. The van der Waals surface area contributed by atoms with E-state index in [4.69, 9.17) is 10.5 Å². The number of carbonyl (C=O) groups is 2. The summed E-state index contributed by atoms with van der Waals surface area (Å²) in [5.41, 5.74) is 7.06. The molecule has 3 N–H and O–H groups in total. The van der Waals surface area contributed by atoms with Crippen molar-refractivity contribution < 1.29 is 14.3 Å². The highest BCUT2D eigenvalue weighted by atomic mass is 16.5. The number of nitrogens with two attached hydrogens (primary N) is 1. The lowest BCUT2D eigenvalue weighted by Crippen LogP contribution is -2.26. The smallest absolute Gasteiger partial charge is 0.251 e. The van der Waals surface area contributed by atoms with Gasteiger partial charge in [-0.15, -0.1) is 0 Å². The van der Waals surface area contributed by atoms with Crippen molar-refractivity contribution in [3.63, 3.8) is 0 Å². The molecule has 0 radical (unpaired) electrons. The van der Waals surface area contributed by atoms with Crippen LogP contribution in [0.15, 0.2) is 48.5 Å². The fraction of sp³-hybridized carbons (Fsp3) is 0.176. The minimum absolute atomic E-state index is 0.189. The molecule has 2 amide bonds. The average molecular weight is 298 g/mol. The summed E-state index contributed by atoms with van der Waals surface area (Å²) >= 11 is 0. The van der Waals surface area contributed by atoms with Gasteiger partial charge in [-0.05, 0) is 42.8 Å². The second kappa shape index (κ2) is 6.76. The quantitative estimate of drug-likeness (QED) is 0.888. The van der Waals surface area contributed by atoms with Crippen LogP contribution in [0.1, 0.15) is 39.2 Å². The normalized spacial score (nSPS) is 11.5. The Balaban J connectivity index is 2.08. The lowest BCUT2D eigenvalue weighted by molar-refractivity contribution is 0.0938. The standard InChI is InChI=1S/C17H18N2O3/c1-11(12-6-8-13(9-7-12)16(18)20)19-17(21)14-4-3-5-15(10-14)22-2/h3-11H,1-2H3,(H2,18,20)(H,19,21). The van der Waals surface area contributed by atoms with Crippen molar-refractivity contribution in [2.75, 3.05) is 7.11 Å². The molecular formula is C17H18N2O3. The second-order valence-corrected chi connectivity index (χ2v) is 4.91. The summed E-state index contributed by atoms with van der Waals surface area (Å²) in [5.74, 6) is -0.0314. The van der Waals surface area contributed by atoms with Crippen LogP contribution in [0.2, 0.25) is 0 Å². The molecule has 114 valence electrons.